The standard InChI is InChI=1S/C11H12FNO/c1-2-3-8-9-6-7(12)4-5-10(9)13-11(8)14/h4-6,8H,2-3H2,1H3,(H,13,14). The average molecular weight is 193 g/mol. The van der Waals surface area contributed by atoms with E-state index < -0.39 is 0 Å². The van der Waals surface area contributed by atoms with Crippen LogP contribution in [0.2, 0.25) is 0 Å². The molecule has 1 amide bonds. The maximum Gasteiger partial charge on any atom is 0.232 e. The van der Waals surface area contributed by atoms with Crippen molar-refractivity contribution in [3.05, 3.63) is 29.6 Å². The number of anilines is 1. The number of carbonyl (C=O) groups excluding carboxylic acids is 1. The van der Waals surface area contributed by atoms with Crippen LogP contribution in [-0.4, -0.2) is 5.91 Å². The van der Waals surface area contributed by atoms with Gasteiger partial charge in [-0.15, -0.1) is 0 Å². The number of amides is 1. The number of benzene rings is 1. The van der Waals surface area contributed by atoms with Crippen molar-refractivity contribution in [2.24, 2.45) is 0 Å². The van der Waals surface area contributed by atoms with Gasteiger partial charge in [0.15, 0.2) is 0 Å². The summed E-state index contributed by atoms with van der Waals surface area (Å²) in [5.74, 6) is -0.445. The van der Waals surface area contributed by atoms with E-state index in [-0.39, 0.29) is 17.6 Å². The maximum atomic E-state index is 13.0. The van der Waals surface area contributed by atoms with E-state index in [2.05, 4.69) is 5.32 Å². The summed E-state index contributed by atoms with van der Waals surface area (Å²) in [4.78, 5) is 11.5. The number of rotatable bonds is 2. The van der Waals surface area contributed by atoms with Gasteiger partial charge < -0.3 is 5.32 Å². The van der Waals surface area contributed by atoms with Crippen LogP contribution in [0.5, 0.6) is 0 Å². The highest BCUT2D eigenvalue weighted by atomic mass is 19.1. The van der Waals surface area contributed by atoms with Crippen molar-refractivity contribution in [3.63, 3.8) is 0 Å². The molecule has 1 aliphatic heterocycles. The van der Waals surface area contributed by atoms with Crippen LogP contribution in [0, 0.1) is 5.82 Å². The Labute approximate surface area is 82.1 Å². The van der Waals surface area contributed by atoms with Crippen LogP contribution in [0.1, 0.15) is 31.2 Å². The monoisotopic (exact) mass is 193 g/mol. The molecule has 0 spiro atoms. The van der Waals surface area contributed by atoms with E-state index in [1.807, 2.05) is 6.92 Å². The Morgan fingerprint density at radius 3 is 3.00 bits per heavy atom. The van der Waals surface area contributed by atoms with Crippen molar-refractivity contribution in [2.75, 3.05) is 5.32 Å². The van der Waals surface area contributed by atoms with E-state index in [0.29, 0.717) is 0 Å². The molecule has 0 fully saturated rings. The van der Waals surface area contributed by atoms with E-state index in [1.165, 1.54) is 12.1 Å². The molecule has 2 rings (SSSR count). The molecule has 14 heavy (non-hydrogen) atoms. The smallest absolute Gasteiger partial charge is 0.232 e. The van der Waals surface area contributed by atoms with Gasteiger partial charge >= 0.3 is 0 Å². The molecule has 74 valence electrons. The highest BCUT2D eigenvalue weighted by Gasteiger charge is 2.29. The third-order valence-corrected chi connectivity index (χ3v) is 2.54. The molecule has 0 aliphatic carbocycles. The molecule has 0 bridgehead atoms. The van der Waals surface area contributed by atoms with E-state index in [0.717, 1.165) is 24.1 Å². The van der Waals surface area contributed by atoms with Crippen LogP contribution in [0.25, 0.3) is 0 Å². The highest BCUT2D eigenvalue weighted by molar-refractivity contribution is 6.02. The molecule has 1 N–H and O–H groups in total. The lowest BCUT2D eigenvalue weighted by Gasteiger charge is -2.05. The average Bonchev–Trinajstić information content (AvgIpc) is 2.45. The minimum Gasteiger partial charge on any atom is -0.325 e. The number of hydrogen-bond acceptors (Lipinski definition) is 1. The van der Waals surface area contributed by atoms with Crippen molar-refractivity contribution in [3.8, 4) is 0 Å². The van der Waals surface area contributed by atoms with Crippen molar-refractivity contribution in [1.82, 2.24) is 0 Å². The topological polar surface area (TPSA) is 29.1 Å². The van der Waals surface area contributed by atoms with Crippen LogP contribution < -0.4 is 5.32 Å². The van der Waals surface area contributed by atoms with Gasteiger partial charge in [-0.3, -0.25) is 4.79 Å². The first-order chi connectivity index (χ1) is 6.72. The Hall–Kier alpha value is -1.38. The fraction of sp³-hybridized carbons (Fsp3) is 0.364. The summed E-state index contributed by atoms with van der Waals surface area (Å²) in [5, 5.41) is 2.75. The molecule has 1 aliphatic rings. The van der Waals surface area contributed by atoms with Crippen LogP contribution >= 0.6 is 0 Å². The Morgan fingerprint density at radius 2 is 2.29 bits per heavy atom. The number of hydrogen-bond donors (Lipinski definition) is 1. The van der Waals surface area contributed by atoms with Crippen molar-refractivity contribution in [2.45, 2.75) is 25.7 Å². The van der Waals surface area contributed by atoms with Crippen LogP contribution in [0.15, 0.2) is 18.2 Å². The summed E-state index contributed by atoms with van der Waals surface area (Å²) >= 11 is 0. The molecular formula is C11H12FNO. The van der Waals surface area contributed by atoms with Gasteiger partial charge in [0.2, 0.25) is 5.91 Å². The summed E-state index contributed by atoms with van der Waals surface area (Å²) < 4.78 is 13.0. The largest absolute Gasteiger partial charge is 0.325 e. The maximum absolute atomic E-state index is 13.0. The number of halogens is 1. The highest BCUT2D eigenvalue weighted by Crippen LogP contribution is 2.35. The molecule has 1 atom stereocenters. The molecule has 0 saturated carbocycles. The van der Waals surface area contributed by atoms with Crippen LogP contribution in [0.3, 0.4) is 0 Å². The van der Waals surface area contributed by atoms with Gasteiger partial charge in [0.25, 0.3) is 0 Å². The normalized spacial score (nSPS) is 19.3. The Bertz CT molecular complexity index is 376. The first kappa shape index (κ1) is 9.19. The molecule has 3 heteroatoms. The van der Waals surface area contributed by atoms with Gasteiger partial charge in [0.05, 0.1) is 5.92 Å². The van der Waals surface area contributed by atoms with E-state index in [4.69, 9.17) is 0 Å². The molecule has 0 saturated heterocycles. The second-order valence-corrected chi connectivity index (χ2v) is 3.56. The quantitative estimate of drug-likeness (QED) is 0.768. The second kappa shape index (κ2) is 3.40. The van der Waals surface area contributed by atoms with Gasteiger partial charge in [-0.1, -0.05) is 13.3 Å². The predicted molar refractivity (Wildman–Crippen MR) is 52.7 cm³/mol. The molecule has 0 aromatic heterocycles. The zero-order valence-electron chi connectivity index (χ0n) is 8.01. The summed E-state index contributed by atoms with van der Waals surface area (Å²) in [5.41, 5.74) is 1.56. The van der Waals surface area contributed by atoms with Crippen molar-refractivity contribution >= 4 is 11.6 Å². The molecular weight excluding hydrogens is 181 g/mol. The lowest BCUT2D eigenvalue weighted by Crippen LogP contribution is -2.11. The molecule has 1 unspecified atom stereocenters. The second-order valence-electron chi connectivity index (χ2n) is 3.56. The van der Waals surface area contributed by atoms with Gasteiger partial charge in [-0.05, 0) is 30.2 Å². The van der Waals surface area contributed by atoms with Gasteiger partial charge in [0, 0.05) is 5.69 Å². The van der Waals surface area contributed by atoms with E-state index in [9.17, 15) is 9.18 Å². The predicted octanol–water partition coefficient (Wildman–Crippen LogP) is 2.66. The van der Waals surface area contributed by atoms with Gasteiger partial charge in [-0.25, -0.2) is 4.39 Å². The first-order valence-electron chi connectivity index (χ1n) is 4.82. The zero-order valence-corrected chi connectivity index (χ0v) is 8.01. The third-order valence-electron chi connectivity index (χ3n) is 2.54. The Balaban J connectivity index is 2.39. The molecule has 2 nitrogen and oxygen atoms in total. The van der Waals surface area contributed by atoms with Crippen molar-refractivity contribution < 1.29 is 9.18 Å². The Kier molecular flexibility index (Phi) is 2.23. The zero-order chi connectivity index (χ0) is 10.1. The third kappa shape index (κ3) is 1.39. The number of carbonyl (C=O) groups is 1. The fourth-order valence-corrected chi connectivity index (χ4v) is 1.87. The Morgan fingerprint density at radius 1 is 1.50 bits per heavy atom. The van der Waals surface area contributed by atoms with E-state index >= 15 is 0 Å². The summed E-state index contributed by atoms with van der Waals surface area (Å²) in [7, 11) is 0. The fourth-order valence-electron chi connectivity index (χ4n) is 1.87. The van der Waals surface area contributed by atoms with Gasteiger partial charge in [-0.2, -0.15) is 0 Å². The lowest BCUT2D eigenvalue weighted by atomic mass is 9.96. The number of fused-ring (bicyclic) bond motifs is 1. The van der Waals surface area contributed by atoms with Gasteiger partial charge in [0.1, 0.15) is 5.82 Å². The molecule has 0 radical (unpaired) electrons. The van der Waals surface area contributed by atoms with E-state index in [1.54, 1.807) is 6.07 Å². The molecule has 1 aromatic carbocycles. The van der Waals surface area contributed by atoms with Crippen molar-refractivity contribution in [1.29, 1.82) is 0 Å². The first-order valence-corrected chi connectivity index (χ1v) is 4.82. The lowest BCUT2D eigenvalue weighted by molar-refractivity contribution is -0.117. The minimum absolute atomic E-state index is 0.00699. The van der Waals surface area contributed by atoms with Crippen LogP contribution in [0.4, 0.5) is 10.1 Å². The number of nitrogens with one attached hydrogen (secondary N) is 1. The molecule has 1 heterocycles. The summed E-state index contributed by atoms with van der Waals surface area (Å²) in [6, 6.07) is 4.44. The SMILES string of the molecule is CCCC1C(=O)Nc2ccc(F)cc21. The molecule has 1 aromatic rings. The summed E-state index contributed by atoms with van der Waals surface area (Å²) in [6.07, 6.45) is 1.70. The minimum atomic E-state index is -0.277. The summed E-state index contributed by atoms with van der Waals surface area (Å²) in [6.45, 7) is 2.02. The van der Waals surface area contributed by atoms with Crippen LogP contribution in [-0.2, 0) is 4.79 Å².